The smallest absolute Gasteiger partial charge is 0.0406 e. The van der Waals surface area contributed by atoms with Gasteiger partial charge in [0.1, 0.15) is 0 Å². The summed E-state index contributed by atoms with van der Waals surface area (Å²) in [4.78, 5) is 1.30. The van der Waals surface area contributed by atoms with Crippen LogP contribution < -0.4 is 5.32 Å². The van der Waals surface area contributed by atoms with E-state index >= 15 is 0 Å². The molecule has 0 aliphatic heterocycles. The van der Waals surface area contributed by atoms with Crippen molar-refractivity contribution in [2.24, 2.45) is 0 Å². The first kappa shape index (κ1) is 14.4. The predicted molar refractivity (Wildman–Crippen MR) is 84.9 cm³/mol. The summed E-state index contributed by atoms with van der Waals surface area (Å²) in [6, 6.07) is 17.0. The van der Waals surface area contributed by atoms with Crippen molar-refractivity contribution >= 4 is 23.4 Å². The molecule has 0 aliphatic rings. The second kappa shape index (κ2) is 6.99. The van der Waals surface area contributed by atoms with Gasteiger partial charge in [-0.25, -0.2) is 0 Å². The monoisotopic (exact) mass is 291 g/mol. The van der Waals surface area contributed by atoms with Crippen molar-refractivity contribution in [2.45, 2.75) is 24.4 Å². The second-order valence-corrected chi connectivity index (χ2v) is 5.82. The summed E-state index contributed by atoms with van der Waals surface area (Å²) in [6.07, 6.45) is 2.09. The molecular formula is C16H18ClNS. The molecule has 0 radical (unpaired) electrons. The Balaban J connectivity index is 1.92. The molecule has 3 heteroatoms. The van der Waals surface area contributed by atoms with E-state index in [9.17, 15) is 0 Å². The molecule has 2 aromatic rings. The van der Waals surface area contributed by atoms with Crippen molar-refractivity contribution in [2.75, 3.05) is 6.26 Å². The molecule has 0 heterocycles. The number of benzene rings is 2. The van der Waals surface area contributed by atoms with Crippen molar-refractivity contribution < 1.29 is 0 Å². The van der Waals surface area contributed by atoms with Crippen LogP contribution in [0.2, 0.25) is 5.02 Å². The minimum atomic E-state index is 0.317. The van der Waals surface area contributed by atoms with E-state index in [1.54, 1.807) is 11.8 Å². The van der Waals surface area contributed by atoms with Gasteiger partial charge in [0.05, 0.1) is 0 Å². The minimum absolute atomic E-state index is 0.317. The van der Waals surface area contributed by atoms with Crippen molar-refractivity contribution in [3.05, 3.63) is 64.7 Å². The van der Waals surface area contributed by atoms with Crippen LogP contribution in [0.5, 0.6) is 0 Å². The highest BCUT2D eigenvalue weighted by Crippen LogP contribution is 2.18. The van der Waals surface area contributed by atoms with Gasteiger partial charge in [-0.1, -0.05) is 35.9 Å². The maximum absolute atomic E-state index is 5.90. The summed E-state index contributed by atoms with van der Waals surface area (Å²) in [5.74, 6) is 0. The lowest BCUT2D eigenvalue weighted by Crippen LogP contribution is -2.17. The Morgan fingerprint density at radius 3 is 2.26 bits per heavy atom. The van der Waals surface area contributed by atoms with Crippen molar-refractivity contribution in [3.8, 4) is 0 Å². The van der Waals surface area contributed by atoms with Gasteiger partial charge in [0.25, 0.3) is 0 Å². The van der Waals surface area contributed by atoms with Crippen LogP contribution in [0, 0.1) is 0 Å². The summed E-state index contributed by atoms with van der Waals surface area (Å²) in [5.41, 5.74) is 2.56. The lowest BCUT2D eigenvalue weighted by atomic mass is 10.1. The molecule has 100 valence electrons. The Morgan fingerprint density at radius 2 is 1.68 bits per heavy atom. The number of rotatable bonds is 5. The Bertz CT molecular complexity index is 507. The summed E-state index contributed by atoms with van der Waals surface area (Å²) >= 11 is 7.66. The van der Waals surface area contributed by atoms with Crippen LogP contribution in [-0.2, 0) is 6.54 Å². The standard InChI is InChI=1S/C16H18ClNS/c1-12(14-5-7-15(17)8-6-14)18-11-13-3-9-16(19-2)10-4-13/h3-10,12,18H,11H2,1-2H3/t12-/m0/s1. The summed E-state index contributed by atoms with van der Waals surface area (Å²) in [5, 5.41) is 4.30. The van der Waals surface area contributed by atoms with Crippen LogP contribution in [-0.4, -0.2) is 6.26 Å². The molecule has 2 aromatic carbocycles. The van der Waals surface area contributed by atoms with E-state index in [0.29, 0.717) is 6.04 Å². The number of hydrogen-bond donors (Lipinski definition) is 1. The molecule has 0 aromatic heterocycles. The van der Waals surface area contributed by atoms with E-state index in [1.807, 2.05) is 12.1 Å². The Kier molecular flexibility index (Phi) is 5.32. The molecule has 0 amide bonds. The van der Waals surface area contributed by atoms with Gasteiger partial charge in [-0.3, -0.25) is 0 Å². The zero-order valence-electron chi connectivity index (χ0n) is 11.2. The second-order valence-electron chi connectivity index (χ2n) is 4.50. The van der Waals surface area contributed by atoms with E-state index < -0.39 is 0 Å². The van der Waals surface area contributed by atoms with E-state index in [2.05, 4.69) is 54.9 Å². The quantitative estimate of drug-likeness (QED) is 0.785. The zero-order chi connectivity index (χ0) is 13.7. The lowest BCUT2D eigenvalue weighted by molar-refractivity contribution is 0.574. The van der Waals surface area contributed by atoms with E-state index in [4.69, 9.17) is 11.6 Å². The van der Waals surface area contributed by atoms with Crippen molar-refractivity contribution in [3.63, 3.8) is 0 Å². The van der Waals surface area contributed by atoms with Gasteiger partial charge in [-0.05, 0) is 48.6 Å². The molecule has 19 heavy (non-hydrogen) atoms. The molecule has 0 saturated carbocycles. The first-order valence-corrected chi connectivity index (χ1v) is 7.91. The summed E-state index contributed by atoms with van der Waals surface area (Å²) in [6.45, 7) is 3.04. The van der Waals surface area contributed by atoms with Gasteiger partial charge < -0.3 is 5.32 Å². The number of nitrogens with one attached hydrogen (secondary N) is 1. The van der Waals surface area contributed by atoms with Crippen LogP contribution in [0.25, 0.3) is 0 Å². The molecule has 0 saturated heterocycles. The highest BCUT2D eigenvalue weighted by molar-refractivity contribution is 7.98. The largest absolute Gasteiger partial charge is 0.306 e. The molecule has 2 rings (SSSR count). The van der Waals surface area contributed by atoms with Gasteiger partial charge in [0, 0.05) is 22.5 Å². The number of hydrogen-bond acceptors (Lipinski definition) is 2. The molecule has 0 fully saturated rings. The third-order valence-electron chi connectivity index (χ3n) is 3.14. The van der Waals surface area contributed by atoms with E-state index in [0.717, 1.165) is 11.6 Å². The summed E-state index contributed by atoms with van der Waals surface area (Å²) in [7, 11) is 0. The van der Waals surface area contributed by atoms with Crippen LogP contribution in [0.15, 0.2) is 53.4 Å². The Hall–Kier alpha value is -0.960. The predicted octanol–water partition coefficient (Wildman–Crippen LogP) is 4.91. The normalized spacial score (nSPS) is 12.4. The highest BCUT2D eigenvalue weighted by atomic mass is 35.5. The highest BCUT2D eigenvalue weighted by Gasteiger charge is 2.04. The van der Waals surface area contributed by atoms with Crippen LogP contribution in [0.1, 0.15) is 24.1 Å². The van der Waals surface area contributed by atoms with Crippen molar-refractivity contribution in [1.29, 1.82) is 0 Å². The molecule has 0 aliphatic carbocycles. The van der Waals surface area contributed by atoms with E-state index in [1.165, 1.54) is 16.0 Å². The first-order chi connectivity index (χ1) is 9.19. The SMILES string of the molecule is CSc1ccc(CN[C@@H](C)c2ccc(Cl)cc2)cc1. The fourth-order valence-corrected chi connectivity index (χ4v) is 2.42. The van der Waals surface area contributed by atoms with Crippen LogP contribution >= 0.6 is 23.4 Å². The third-order valence-corrected chi connectivity index (χ3v) is 4.14. The summed E-state index contributed by atoms with van der Waals surface area (Å²) < 4.78 is 0. The van der Waals surface area contributed by atoms with Crippen LogP contribution in [0.3, 0.4) is 0 Å². The average Bonchev–Trinajstić information content (AvgIpc) is 2.46. The zero-order valence-corrected chi connectivity index (χ0v) is 12.8. The third kappa shape index (κ3) is 4.27. The van der Waals surface area contributed by atoms with Gasteiger partial charge in [-0.15, -0.1) is 11.8 Å². The van der Waals surface area contributed by atoms with E-state index in [-0.39, 0.29) is 0 Å². The van der Waals surface area contributed by atoms with Crippen LogP contribution in [0.4, 0.5) is 0 Å². The van der Waals surface area contributed by atoms with Crippen molar-refractivity contribution in [1.82, 2.24) is 5.32 Å². The maximum atomic E-state index is 5.90. The lowest BCUT2D eigenvalue weighted by Gasteiger charge is -2.14. The molecule has 1 atom stereocenters. The Labute approximate surface area is 124 Å². The molecular weight excluding hydrogens is 274 g/mol. The average molecular weight is 292 g/mol. The van der Waals surface area contributed by atoms with Gasteiger partial charge in [0.15, 0.2) is 0 Å². The number of thioether (sulfide) groups is 1. The first-order valence-electron chi connectivity index (χ1n) is 6.31. The molecule has 0 unspecified atom stereocenters. The molecule has 0 spiro atoms. The van der Waals surface area contributed by atoms with Gasteiger partial charge >= 0.3 is 0 Å². The fraction of sp³-hybridized carbons (Fsp3) is 0.250. The molecule has 1 N–H and O–H groups in total. The molecule has 0 bridgehead atoms. The topological polar surface area (TPSA) is 12.0 Å². The van der Waals surface area contributed by atoms with Gasteiger partial charge in [0.2, 0.25) is 0 Å². The number of halogens is 1. The van der Waals surface area contributed by atoms with Gasteiger partial charge in [-0.2, -0.15) is 0 Å². The molecule has 1 nitrogen and oxygen atoms in total. The Morgan fingerprint density at radius 1 is 1.05 bits per heavy atom. The minimum Gasteiger partial charge on any atom is -0.306 e. The fourth-order valence-electron chi connectivity index (χ4n) is 1.88. The maximum Gasteiger partial charge on any atom is 0.0406 e.